The first-order chi connectivity index (χ1) is 10.5. The van der Waals surface area contributed by atoms with Crippen LogP contribution >= 0.6 is 0 Å². The number of amides is 1. The Morgan fingerprint density at radius 1 is 1.32 bits per heavy atom. The van der Waals surface area contributed by atoms with Gasteiger partial charge in [-0.1, -0.05) is 25.5 Å². The van der Waals surface area contributed by atoms with Crippen LogP contribution in [0, 0.1) is 0 Å². The normalized spacial score (nSPS) is 12.4. The van der Waals surface area contributed by atoms with Gasteiger partial charge < -0.3 is 20.5 Å². The highest BCUT2D eigenvalue weighted by Gasteiger charge is 2.12. The van der Waals surface area contributed by atoms with Gasteiger partial charge in [-0.05, 0) is 38.0 Å². The Morgan fingerprint density at radius 2 is 2.09 bits per heavy atom. The molecule has 0 radical (unpaired) electrons. The lowest BCUT2D eigenvalue weighted by atomic mass is 10.1. The quantitative estimate of drug-likeness (QED) is 0.652. The van der Waals surface area contributed by atoms with Gasteiger partial charge in [-0.3, -0.25) is 4.79 Å². The number of benzene rings is 1. The van der Waals surface area contributed by atoms with Gasteiger partial charge in [-0.15, -0.1) is 0 Å². The molecule has 0 heterocycles. The molecule has 1 aromatic carbocycles. The highest BCUT2D eigenvalue weighted by molar-refractivity contribution is 5.94. The summed E-state index contributed by atoms with van der Waals surface area (Å²) in [7, 11) is 0. The van der Waals surface area contributed by atoms with E-state index in [0.29, 0.717) is 26.2 Å². The maximum Gasteiger partial charge on any atom is 0.241 e. The third-order valence-corrected chi connectivity index (χ3v) is 3.08. The Kier molecular flexibility index (Phi) is 8.74. The zero-order chi connectivity index (χ0) is 16.4. The summed E-state index contributed by atoms with van der Waals surface area (Å²) in [6.07, 6.45) is 1.79. The maximum atomic E-state index is 11.9. The van der Waals surface area contributed by atoms with E-state index >= 15 is 0 Å². The van der Waals surface area contributed by atoms with Crippen LogP contribution in [0.3, 0.4) is 0 Å². The molecule has 124 valence electrons. The predicted molar refractivity (Wildman–Crippen MR) is 88.7 cm³/mol. The number of hydrogen-bond acceptors (Lipinski definition) is 4. The van der Waals surface area contributed by atoms with Gasteiger partial charge in [0.05, 0.1) is 32.0 Å². The van der Waals surface area contributed by atoms with Crippen molar-refractivity contribution in [1.29, 1.82) is 0 Å². The van der Waals surface area contributed by atoms with Crippen LogP contribution < -0.4 is 11.1 Å². The molecular weight excluding hydrogens is 280 g/mol. The first-order valence-corrected chi connectivity index (χ1v) is 7.87. The molecule has 0 aliphatic rings. The number of nitrogens with two attached hydrogens (primary N) is 1. The van der Waals surface area contributed by atoms with Gasteiger partial charge in [0.1, 0.15) is 0 Å². The average Bonchev–Trinajstić information content (AvgIpc) is 2.47. The van der Waals surface area contributed by atoms with Gasteiger partial charge in [-0.25, -0.2) is 0 Å². The molecule has 3 N–H and O–H groups in total. The summed E-state index contributed by atoms with van der Waals surface area (Å²) in [5.74, 6) is -0.148. The van der Waals surface area contributed by atoms with Crippen LogP contribution in [0.1, 0.15) is 39.2 Å². The summed E-state index contributed by atoms with van der Waals surface area (Å²) >= 11 is 0. The predicted octanol–water partition coefficient (Wildman–Crippen LogP) is 2.69. The molecule has 0 aliphatic heterocycles. The van der Waals surface area contributed by atoms with E-state index in [4.69, 9.17) is 15.2 Å². The summed E-state index contributed by atoms with van der Waals surface area (Å²) in [5.41, 5.74) is 7.55. The third-order valence-electron chi connectivity index (χ3n) is 3.08. The number of ether oxygens (including phenoxy) is 2. The summed E-state index contributed by atoms with van der Waals surface area (Å²) in [6, 6.07) is 7.15. The van der Waals surface area contributed by atoms with Crippen molar-refractivity contribution in [1.82, 2.24) is 0 Å². The molecule has 1 aromatic rings. The molecule has 1 amide bonds. The van der Waals surface area contributed by atoms with E-state index in [1.165, 1.54) is 0 Å². The second-order valence-corrected chi connectivity index (χ2v) is 5.56. The number of carbonyl (C=O) groups is 1. The van der Waals surface area contributed by atoms with E-state index in [-0.39, 0.29) is 12.0 Å². The van der Waals surface area contributed by atoms with Crippen LogP contribution in [0.15, 0.2) is 24.3 Å². The molecule has 5 heteroatoms. The first kappa shape index (κ1) is 18.6. The number of rotatable bonds is 10. The van der Waals surface area contributed by atoms with E-state index < -0.39 is 6.04 Å². The summed E-state index contributed by atoms with van der Waals surface area (Å²) < 4.78 is 11.0. The molecule has 1 rings (SSSR count). The number of carbonyl (C=O) groups excluding carboxylic acids is 1. The van der Waals surface area contributed by atoms with E-state index in [1.807, 2.05) is 45.0 Å². The minimum atomic E-state index is -0.460. The van der Waals surface area contributed by atoms with Crippen molar-refractivity contribution >= 4 is 11.6 Å². The topological polar surface area (TPSA) is 73.6 Å². The fourth-order valence-corrected chi connectivity index (χ4v) is 1.95. The monoisotopic (exact) mass is 308 g/mol. The van der Waals surface area contributed by atoms with Crippen molar-refractivity contribution in [3.8, 4) is 0 Å². The van der Waals surface area contributed by atoms with Gasteiger partial charge in [-0.2, -0.15) is 0 Å². The highest BCUT2D eigenvalue weighted by atomic mass is 16.5. The Hall–Kier alpha value is -1.43. The molecule has 0 aromatic heterocycles. The van der Waals surface area contributed by atoms with Crippen molar-refractivity contribution in [2.24, 2.45) is 5.73 Å². The third kappa shape index (κ3) is 7.54. The van der Waals surface area contributed by atoms with Crippen molar-refractivity contribution in [2.45, 2.75) is 52.4 Å². The minimum absolute atomic E-state index is 0.148. The number of nitrogens with one attached hydrogen (secondary N) is 1. The molecule has 0 saturated carbocycles. The van der Waals surface area contributed by atoms with Gasteiger partial charge in [0, 0.05) is 5.69 Å². The Morgan fingerprint density at radius 3 is 2.77 bits per heavy atom. The zero-order valence-electron chi connectivity index (χ0n) is 13.8. The minimum Gasteiger partial charge on any atom is -0.376 e. The first-order valence-electron chi connectivity index (χ1n) is 7.87. The lowest BCUT2D eigenvalue weighted by Crippen LogP contribution is -2.35. The fourth-order valence-electron chi connectivity index (χ4n) is 1.95. The van der Waals surface area contributed by atoms with Gasteiger partial charge in [0.2, 0.25) is 5.91 Å². The van der Waals surface area contributed by atoms with E-state index in [9.17, 15) is 4.79 Å². The van der Waals surface area contributed by atoms with Crippen LogP contribution in [-0.4, -0.2) is 31.3 Å². The van der Waals surface area contributed by atoms with Gasteiger partial charge in [0.15, 0.2) is 0 Å². The molecule has 22 heavy (non-hydrogen) atoms. The number of hydrogen-bond donors (Lipinski definition) is 2. The molecule has 1 atom stereocenters. The fraction of sp³-hybridized carbons (Fsp3) is 0.588. The SMILES string of the molecule is CCCC(N)C(=O)Nc1cccc(COCCOC(C)C)c1. The Balaban J connectivity index is 2.40. The van der Waals surface area contributed by atoms with Gasteiger partial charge in [0.25, 0.3) is 0 Å². The lowest BCUT2D eigenvalue weighted by molar-refractivity contribution is -0.117. The molecule has 0 bridgehead atoms. The molecule has 0 spiro atoms. The standard InChI is InChI=1S/C17H28N2O3/c1-4-6-16(18)17(20)19-15-8-5-7-14(11-15)12-21-9-10-22-13(2)3/h5,7-8,11,13,16H,4,6,9-10,12,18H2,1-3H3,(H,19,20). The zero-order valence-corrected chi connectivity index (χ0v) is 13.8. The van der Waals surface area contributed by atoms with Crippen molar-refractivity contribution < 1.29 is 14.3 Å². The van der Waals surface area contributed by atoms with Crippen LogP contribution in [0.4, 0.5) is 5.69 Å². The van der Waals surface area contributed by atoms with Crippen LogP contribution in [0.5, 0.6) is 0 Å². The molecule has 0 saturated heterocycles. The van der Waals surface area contributed by atoms with Crippen molar-refractivity contribution in [3.63, 3.8) is 0 Å². The summed E-state index contributed by atoms with van der Waals surface area (Å²) in [4.78, 5) is 11.9. The van der Waals surface area contributed by atoms with Crippen molar-refractivity contribution in [3.05, 3.63) is 29.8 Å². The van der Waals surface area contributed by atoms with Crippen molar-refractivity contribution in [2.75, 3.05) is 18.5 Å². The number of anilines is 1. The van der Waals surface area contributed by atoms with Crippen LogP contribution in [0.25, 0.3) is 0 Å². The summed E-state index contributed by atoms with van der Waals surface area (Å²) in [6.45, 7) is 7.63. The largest absolute Gasteiger partial charge is 0.376 e. The highest BCUT2D eigenvalue weighted by Crippen LogP contribution is 2.12. The van der Waals surface area contributed by atoms with E-state index in [0.717, 1.165) is 17.7 Å². The lowest BCUT2D eigenvalue weighted by Gasteiger charge is -2.12. The van der Waals surface area contributed by atoms with E-state index in [2.05, 4.69) is 5.32 Å². The van der Waals surface area contributed by atoms with E-state index in [1.54, 1.807) is 0 Å². The molecule has 0 aliphatic carbocycles. The molecule has 0 fully saturated rings. The molecule has 1 unspecified atom stereocenters. The van der Waals surface area contributed by atoms with Gasteiger partial charge >= 0.3 is 0 Å². The summed E-state index contributed by atoms with van der Waals surface area (Å²) in [5, 5.41) is 2.84. The molecule has 5 nitrogen and oxygen atoms in total. The molecular formula is C17H28N2O3. The second-order valence-electron chi connectivity index (χ2n) is 5.56. The second kappa shape index (κ2) is 10.3. The van der Waals surface area contributed by atoms with Crippen LogP contribution in [-0.2, 0) is 20.9 Å². The average molecular weight is 308 g/mol. The maximum absolute atomic E-state index is 11.9. The Bertz CT molecular complexity index is 449. The smallest absolute Gasteiger partial charge is 0.241 e. The Labute approximate surface area is 133 Å². The van der Waals surface area contributed by atoms with Crippen LogP contribution in [0.2, 0.25) is 0 Å².